The summed E-state index contributed by atoms with van der Waals surface area (Å²) in [6, 6.07) is 1.11. The third-order valence-electron chi connectivity index (χ3n) is 2.16. The Bertz CT molecular complexity index is 364. The van der Waals surface area contributed by atoms with Gasteiger partial charge in [0.15, 0.2) is 0 Å². The second-order valence-corrected chi connectivity index (χ2v) is 3.35. The van der Waals surface area contributed by atoms with Crippen molar-refractivity contribution in [1.29, 1.82) is 0 Å². The molecule has 0 radical (unpaired) electrons. The number of halogens is 4. The highest BCUT2D eigenvalue weighted by molar-refractivity contribution is 5.32. The largest absolute Gasteiger partial charge is 0.416 e. The van der Waals surface area contributed by atoms with Gasteiger partial charge in [0.05, 0.1) is 5.56 Å². The quantitative estimate of drug-likeness (QED) is 0.792. The molecular formula is C10H11F4NO. The second-order valence-electron chi connectivity index (χ2n) is 3.35. The van der Waals surface area contributed by atoms with Crippen molar-refractivity contribution < 1.29 is 22.7 Å². The summed E-state index contributed by atoms with van der Waals surface area (Å²) >= 11 is 0. The molecule has 0 heterocycles. The third kappa shape index (κ3) is 2.93. The van der Waals surface area contributed by atoms with Crippen LogP contribution in [0.3, 0.4) is 0 Å². The Balaban J connectivity index is 3.18. The zero-order chi connectivity index (χ0) is 12.3. The molecule has 3 N–H and O–H groups in total. The zero-order valence-electron chi connectivity index (χ0n) is 8.26. The van der Waals surface area contributed by atoms with Crippen LogP contribution in [0.15, 0.2) is 18.2 Å². The van der Waals surface area contributed by atoms with Crippen LogP contribution >= 0.6 is 0 Å². The van der Waals surface area contributed by atoms with E-state index >= 15 is 0 Å². The molecule has 1 aromatic rings. The minimum Gasteiger partial charge on any atom is -0.396 e. The van der Waals surface area contributed by atoms with E-state index in [1.54, 1.807) is 0 Å². The Morgan fingerprint density at radius 2 is 1.94 bits per heavy atom. The van der Waals surface area contributed by atoms with Gasteiger partial charge in [-0.05, 0) is 30.2 Å². The van der Waals surface area contributed by atoms with Crippen LogP contribution in [-0.4, -0.2) is 11.7 Å². The van der Waals surface area contributed by atoms with Crippen molar-refractivity contribution in [3.05, 3.63) is 35.1 Å². The first-order chi connectivity index (χ1) is 7.36. The Morgan fingerprint density at radius 3 is 2.44 bits per heavy atom. The van der Waals surface area contributed by atoms with Crippen LogP contribution in [0.25, 0.3) is 0 Å². The van der Waals surface area contributed by atoms with Crippen molar-refractivity contribution in [2.24, 2.45) is 5.73 Å². The Kier molecular flexibility index (Phi) is 3.88. The standard InChI is InChI=1S/C10H11F4NO/c11-6-1-2-8(10(12,13)14)7(5-6)9(15)3-4-16/h1-2,5,9,16H,3-4,15H2. The lowest BCUT2D eigenvalue weighted by Crippen LogP contribution is -2.18. The molecule has 1 aromatic carbocycles. The first-order valence-corrected chi connectivity index (χ1v) is 4.59. The molecule has 2 nitrogen and oxygen atoms in total. The van der Waals surface area contributed by atoms with Gasteiger partial charge >= 0.3 is 6.18 Å². The van der Waals surface area contributed by atoms with E-state index in [9.17, 15) is 17.6 Å². The van der Waals surface area contributed by atoms with Gasteiger partial charge in [0.1, 0.15) is 5.82 Å². The Hall–Kier alpha value is -1.14. The van der Waals surface area contributed by atoms with Crippen LogP contribution in [0.2, 0.25) is 0 Å². The molecule has 0 aliphatic rings. The summed E-state index contributed by atoms with van der Waals surface area (Å²) in [6.07, 6.45) is -4.62. The second kappa shape index (κ2) is 4.80. The number of nitrogens with two attached hydrogens (primary N) is 1. The number of aliphatic hydroxyl groups is 1. The number of benzene rings is 1. The first-order valence-electron chi connectivity index (χ1n) is 4.59. The summed E-state index contributed by atoms with van der Waals surface area (Å²) in [6.45, 7) is -0.352. The maximum Gasteiger partial charge on any atom is 0.416 e. The summed E-state index contributed by atoms with van der Waals surface area (Å²) in [4.78, 5) is 0. The van der Waals surface area contributed by atoms with E-state index < -0.39 is 23.6 Å². The highest BCUT2D eigenvalue weighted by atomic mass is 19.4. The number of hydrogen-bond acceptors (Lipinski definition) is 2. The van der Waals surface area contributed by atoms with E-state index in [1.807, 2.05) is 0 Å². The third-order valence-corrected chi connectivity index (χ3v) is 2.16. The van der Waals surface area contributed by atoms with Crippen molar-refractivity contribution in [2.45, 2.75) is 18.6 Å². The molecule has 0 spiro atoms. The lowest BCUT2D eigenvalue weighted by atomic mass is 9.98. The van der Waals surface area contributed by atoms with Gasteiger partial charge in [-0.2, -0.15) is 13.2 Å². The predicted octanol–water partition coefficient (Wildman–Crippen LogP) is 2.23. The van der Waals surface area contributed by atoms with Crippen LogP contribution in [0.1, 0.15) is 23.6 Å². The van der Waals surface area contributed by atoms with Crippen molar-refractivity contribution in [2.75, 3.05) is 6.61 Å². The molecule has 0 amide bonds. The summed E-state index contributed by atoms with van der Waals surface area (Å²) in [5.41, 5.74) is 4.15. The van der Waals surface area contributed by atoms with Crippen LogP contribution in [0.5, 0.6) is 0 Å². The summed E-state index contributed by atoms with van der Waals surface area (Å²) in [7, 11) is 0. The molecule has 0 bridgehead atoms. The van der Waals surface area contributed by atoms with E-state index in [0.717, 1.165) is 12.1 Å². The van der Waals surface area contributed by atoms with Crippen molar-refractivity contribution in [3.8, 4) is 0 Å². The Morgan fingerprint density at radius 1 is 1.31 bits per heavy atom. The molecule has 1 rings (SSSR count). The molecule has 0 aliphatic carbocycles. The molecule has 16 heavy (non-hydrogen) atoms. The maximum atomic E-state index is 12.9. The molecule has 0 saturated carbocycles. The van der Waals surface area contributed by atoms with Crippen molar-refractivity contribution in [3.63, 3.8) is 0 Å². The van der Waals surface area contributed by atoms with Crippen molar-refractivity contribution >= 4 is 0 Å². The predicted molar refractivity (Wildman–Crippen MR) is 50.0 cm³/mol. The van der Waals surface area contributed by atoms with Crippen LogP contribution in [0, 0.1) is 5.82 Å². The highest BCUT2D eigenvalue weighted by Crippen LogP contribution is 2.35. The van der Waals surface area contributed by atoms with Gasteiger partial charge in [-0.25, -0.2) is 4.39 Å². The Labute approximate surface area is 89.7 Å². The zero-order valence-corrected chi connectivity index (χ0v) is 8.26. The number of aliphatic hydroxyl groups excluding tert-OH is 1. The molecular weight excluding hydrogens is 226 g/mol. The van der Waals surface area contributed by atoms with Gasteiger partial charge < -0.3 is 10.8 Å². The van der Waals surface area contributed by atoms with E-state index in [0.29, 0.717) is 6.07 Å². The fourth-order valence-electron chi connectivity index (χ4n) is 1.39. The summed E-state index contributed by atoms with van der Waals surface area (Å²) < 4.78 is 50.5. The first kappa shape index (κ1) is 12.9. The molecule has 0 fully saturated rings. The van der Waals surface area contributed by atoms with Gasteiger partial charge in [0, 0.05) is 12.6 Å². The molecule has 0 saturated heterocycles. The average Bonchev–Trinajstić information content (AvgIpc) is 2.16. The minimum atomic E-state index is -4.57. The molecule has 0 aliphatic heterocycles. The SMILES string of the molecule is NC(CCO)c1cc(F)ccc1C(F)(F)F. The number of hydrogen-bond donors (Lipinski definition) is 2. The van der Waals surface area contributed by atoms with Gasteiger partial charge in [-0.15, -0.1) is 0 Å². The molecule has 6 heteroatoms. The maximum absolute atomic E-state index is 12.9. The van der Waals surface area contributed by atoms with Crippen LogP contribution < -0.4 is 5.73 Å². The van der Waals surface area contributed by atoms with Crippen molar-refractivity contribution in [1.82, 2.24) is 0 Å². The average molecular weight is 237 g/mol. The summed E-state index contributed by atoms with van der Waals surface area (Å²) in [5.74, 6) is -0.781. The normalized spacial score (nSPS) is 13.9. The number of rotatable bonds is 3. The smallest absolute Gasteiger partial charge is 0.396 e. The van der Waals surface area contributed by atoms with Gasteiger partial charge in [0.25, 0.3) is 0 Å². The molecule has 0 aromatic heterocycles. The fraction of sp³-hybridized carbons (Fsp3) is 0.400. The number of alkyl halides is 3. The van der Waals surface area contributed by atoms with Gasteiger partial charge in [-0.3, -0.25) is 0 Å². The molecule has 1 atom stereocenters. The van der Waals surface area contributed by atoms with E-state index in [4.69, 9.17) is 10.8 Å². The minimum absolute atomic E-state index is 0.0491. The van der Waals surface area contributed by atoms with E-state index in [-0.39, 0.29) is 18.6 Å². The highest BCUT2D eigenvalue weighted by Gasteiger charge is 2.34. The summed E-state index contributed by atoms with van der Waals surface area (Å²) in [5, 5.41) is 8.61. The van der Waals surface area contributed by atoms with E-state index in [1.165, 1.54) is 0 Å². The van der Waals surface area contributed by atoms with Crippen LogP contribution in [0.4, 0.5) is 17.6 Å². The topological polar surface area (TPSA) is 46.2 Å². The van der Waals surface area contributed by atoms with Gasteiger partial charge in [0.2, 0.25) is 0 Å². The van der Waals surface area contributed by atoms with E-state index in [2.05, 4.69) is 0 Å². The van der Waals surface area contributed by atoms with Crippen LogP contribution in [-0.2, 0) is 6.18 Å². The van der Waals surface area contributed by atoms with Gasteiger partial charge in [-0.1, -0.05) is 0 Å². The molecule has 1 unspecified atom stereocenters. The molecule has 90 valence electrons. The lowest BCUT2D eigenvalue weighted by molar-refractivity contribution is -0.138. The lowest BCUT2D eigenvalue weighted by Gasteiger charge is -2.17. The fourth-order valence-corrected chi connectivity index (χ4v) is 1.39. The monoisotopic (exact) mass is 237 g/mol.